The standard InChI is InChI=1S/C29H23NO5/c31-19-21-8-14-25(15-9-21)35-26-16-12-24(13-17-26)28(32)30-27(29(33)34)18-20-6-10-23(11-7-20)22-4-2-1-3-5-22/h1-17,19,27H,18H2,(H,30,32)(H,33,34)/t27-/m0/s1. The van der Waals surface area contributed by atoms with Crippen molar-refractivity contribution in [1.29, 1.82) is 0 Å². The molecule has 2 N–H and O–H groups in total. The van der Waals surface area contributed by atoms with Crippen molar-refractivity contribution in [3.8, 4) is 22.6 Å². The molecule has 0 saturated carbocycles. The predicted octanol–water partition coefficient (Wildman–Crippen LogP) is 5.38. The number of aldehydes is 1. The van der Waals surface area contributed by atoms with E-state index in [0.29, 0.717) is 22.6 Å². The highest BCUT2D eigenvalue weighted by molar-refractivity contribution is 5.96. The number of carbonyl (C=O) groups excluding carboxylic acids is 2. The van der Waals surface area contributed by atoms with Crippen molar-refractivity contribution < 1.29 is 24.2 Å². The van der Waals surface area contributed by atoms with Crippen molar-refractivity contribution in [2.24, 2.45) is 0 Å². The van der Waals surface area contributed by atoms with Crippen LogP contribution in [0.5, 0.6) is 11.5 Å². The predicted molar refractivity (Wildman–Crippen MR) is 133 cm³/mol. The summed E-state index contributed by atoms with van der Waals surface area (Å²) in [6.45, 7) is 0. The van der Waals surface area contributed by atoms with Gasteiger partial charge in [-0.1, -0.05) is 54.6 Å². The third kappa shape index (κ3) is 6.21. The largest absolute Gasteiger partial charge is 0.480 e. The minimum absolute atomic E-state index is 0.161. The van der Waals surface area contributed by atoms with E-state index in [4.69, 9.17) is 4.74 Å². The van der Waals surface area contributed by atoms with Crippen LogP contribution in [0.15, 0.2) is 103 Å². The lowest BCUT2D eigenvalue weighted by Gasteiger charge is -2.15. The molecule has 6 nitrogen and oxygen atoms in total. The number of amides is 1. The molecule has 6 heteroatoms. The van der Waals surface area contributed by atoms with Gasteiger partial charge in [0.05, 0.1) is 0 Å². The summed E-state index contributed by atoms with van der Waals surface area (Å²) in [4.78, 5) is 35.2. The number of aliphatic carboxylic acids is 1. The van der Waals surface area contributed by atoms with E-state index in [-0.39, 0.29) is 6.42 Å². The van der Waals surface area contributed by atoms with Crippen LogP contribution < -0.4 is 10.1 Å². The summed E-state index contributed by atoms with van der Waals surface area (Å²) in [5.41, 5.74) is 3.78. The number of nitrogens with one attached hydrogen (secondary N) is 1. The van der Waals surface area contributed by atoms with Gasteiger partial charge in [-0.2, -0.15) is 0 Å². The minimum Gasteiger partial charge on any atom is -0.480 e. The van der Waals surface area contributed by atoms with E-state index in [2.05, 4.69) is 5.32 Å². The highest BCUT2D eigenvalue weighted by atomic mass is 16.5. The van der Waals surface area contributed by atoms with Crippen molar-refractivity contribution in [3.05, 3.63) is 120 Å². The summed E-state index contributed by atoms with van der Waals surface area (Å²) in [5.74, 6) is -0.532. The number of carbonyl (C=O) groups is 3. The Labute approximate surface area is 202 Å². The third-order valence-corrected chi connectivity index (χ3v) is 5.47. The molecule has 0 bridgehead atoms. The molecule has 0 aromatic heterocycles. The van der Waals surface area contributed by atoms with Gasteiger partial charge >= 0.3 is 5.97 Å². The molecule has 174 valence electrons. The van der Waals surface area contributed by atoms with Gasteiger partial charge in [-0.3, -0.25) is 9.59 Å². The fourth-order valence-corrected chi connectivity index (χ4v) is 3.57. The second-order valence-corrected chi connectivity index (χ2v) is 7.94. The minimum atomic E-state index is -1.11. The Morgan fingerprint density at radius 1 is 0.771 bits per heavy atom. The highest BCUT2D eigenvalue weighted by Gasteiger charge is 2.21. The lowest BCUT2D eigenvalue weighted by molar-refractivity contribution is -0.139. The maximum Gasteiger partial charge on any atom is 0.326 e. The van der Waals surface area contributed by atoms with Crippen LogP contribution in [0.1, 0.15) is 26.3 Å². The average Bonchev–Trinajstić information content (AvgIpc) is 2.90. The molecule has 0 spiro atoms. The normalized spacial score (nSPS) is 11.3. The van der Waals surface area contributed by atoms with Crippen LogP contribution in [0.25, 0.3) is 11.1 Å². The van der Waals surface area contributed by atoms with Crippen LogP contribution in [0, 0.1) is 0 Å². The van der Waals surface area contributed by atoms with Gasteiger partial charge in [-0.05, 0) is 65.2 Å². The number of ether oxygens (including phenoxy) is 1. The molecule has 0 saturated heterocycles. The van der Waals surface area contributed by atoms with Gasteiger partial charge in [-0.25, -0.2) is 4.79 Å². The van der Waals surface area contributed by atoms with Crippen LogP contribution in [0.2, 0.25) is 0 Å². The molecule has 1 amide bonds. The van der Waals surface area contributed by atoms with Gasteiger partial charge in [0.1, 0.15) is 23.8 Å². The molecule has 0 heterocycles. The number of rotatable bonds is 9. The highest BCUT2D eigenvalue weighted by Crippen LogP contribution is 2.22. The number of carboxylic acid groups (broad SMARTS) is 1. The Bertz CT molecular complexity index is 1300. The molecule has 4 aromatic rings. The topological polar surface area (TPSA) is 92.7 Å². The van der Waals surface area contributed by atoms with Crippen molar-refractivity contribution in [2.45, 2.75) is 12.5 Å². The lowest BCUT2D eigenvalue weighted by Crippen LogP contribution is -2.42. The van der Waals surface area contributed by atoms with Gasteiger partial charge in [-0.15, -0.1) is 0 Å². The molecular formula is C29H23NO5. The molecule has 35 heavy (non-hydrogen) atoms. The van der Waals surface area contributed by atoms with Crippen molar-refractivity contribution in [3.63, 3.8) is 0 Å². The molecule has 0 aliphatic carbocycles. The molecule has 1 atom stereocenters. The van der Waals surface area contributed by atoms with Gasteiger partial charge in [0.25, 0.3) is 5.91 Å². The van der Waals surface area contributed by atoms with Crippen LogP contribution >= 0.6 is 0 Å². The van der Waals surface area contributed by atoms with Crippen LogP contribution in [-0.4, -0.2) is 29.3 Å². The second kappa shape index (κ2) is 10.9. The maximum atomic E-state index is 12.7. The van der Waals surface area contributed by atoms with Crippen molar-refractivity contribution in [2.75, 3.05) is 0 Å². The zero-order chi connectivity index (χ0) is 24.6. The first-order chi connectivity index (χ1) is 17.0. The number of hydrogen-bond donors (Lipinski definition) is 2. The Balaban J connectivity index is 1.38. The van der Waals surface area contributed by atoms with Crippen LogP contribution in [0.3, 0.4) is 0 Å². The van der Waals surface area contributed by atoms with E-state index in [1.165, 1.54) is 0 Å². The van der Waals surface area contributed by atoms with E-state index in [1.54, 1.807) is 48.5 Å². The quantitative estimate of drug-likeness (QED) is 0.324. The SMILES string of the molecule is O=Cc1ccc(Oc2ccc(C(=O)N[C@@H](Cc3ccc(-c4ccccc4)cc3)C(=O)O)cc2)cc1. The van der Waals surface area contributed by atoms with Gasteiger partial charge in [0, 0.05) is 17.5 Å². The lowest BCUT2D eigenvalue weighted by atomic mass is 10.0. The van der Waals surface area contributed by atoms with Crippen molar-refractivity contribution >= 4 is 18.2 Å². The molecular weight excluding hydrogens is 442 g/mol. The molecule has 0 fully saturated rings. The molecule has 0 aliphatic rings. The average molecular weight is 466 g/mol. The van der Waals surface area contributed by atoms with E-state index in [0.717, 1.165) is 23.0 Å². The van der Waals surface area contributed by atoms with Crippen molar-refractivity contribution in [1.82, 2.24) is 5.32 Å². The summed E-state index contributed by atoms with van der Waals surface area (Å²) in [6, 6.07) is 29.5. The second-order valence-electron chi connectivity index (χ2n) is 7.94. The number of benzene rings is 4. The molecule has 0 radical (unpaired) electrons. The summed E-state index contributed by atoms with van der Waals surface area (Å²) in [5, 5.41) is 12.2. The van der Waals surface area contributed by atoms with E-state index in [1.807, 2.05) is 54.6 Å². The Morgan fingerprint density at radius 2 is 1.34 bits per heavy atom. The molecule has 4 aromatic carbocycles. The Morgan fingerprint density at radius 3 is 1.91 bits per heavy atom. The number of carboxylic acids is 1. The van der Waals surface area contributed by atoms with E-state index in [9.17, 15) is 19.5 Å². The summed E-state index contributed by atoms with van der Waals surface area (Å²) in [6.07, 6.45) is 0.912. The zero-order valence-electron chi connectivity index (χ0n) is 18.8. The zero-order valence-corrected chi connectivity index (χ0v) is 18.8. The molecule has 4 rings (SSSR count). The fourth-order valence-electron chi connectivity index (χ4n) is 3.57. The van der Waals surface area contributed by atoms with Gasteiger partial charge in [0.15, 0.2) is 0 Å². The van der Waals surface area contributed by atoms with E-state index >= 15 is 0 Å². The Kier molecular flexibility index (Phi) is 7.33. The Hall–Kier alpha value is -4.71. The fraction of sp³-hybridized carbons (Fsp3) is 0.0690. The first-order valence-corrected chi connectivity index (χ1v) is 11.0. The molecule has 0 aliphatic heterocycles. The monoisotopic (exact) mass is 465 g/mol. The van der Waals surface area contributed by atoms with Crippen LogP contribution in [-0.2, 0) is 11.2 Å². The summed E-state index contributed by atoms with van der Waals surface area (Å²) >= 11 is 0. The molecule has 0 unspecified atom stereocenters. The maximum absolute atomic E-state index is 12.7. The summed E-state index contributed by atoms with van der Waals surface area (Å²) < 4.78 is 5.71. The van der Waals surface area contributed by atoms with Crippen LogP contribution in [0.4, 0.5) is 0 Å². The van der Waals surface area contributed by atoms with Gasteiger partial charge in [0.2, 0.25) is 0 Å². The summed E-state index contributed by atoms with van der Waals surface area (Å²) in [7, 11) is 0. The van der Waals surface area contributed by atoms with Gasteiger partial charge < -0.3 is 15.2 Å². The first kappa shape index (κ1) is 23.4. The smallest absolute Gasteiger partial charge is 0.326 e. The number of hydrogen-bond acceptors (Lipinski definition) is 4. The third-order valence-electron chi connectivity index (χ3n) is 5.47. The van der Waals surface area contributed by atoms with E-state index < -0.39 is 17.9 Å². The first-order valence-electron chi connectivity index (χ1n) is 11.0.